The highest BCUT2D eigenvalue weighted by Gasteiger charge is 2.26. The molecule has 19 heavy (non-hydrogen) atoms. The normalized spacial score (nSPS) is 25.2. The van der Waals surface area contributed by atoms with E-state index < -0.39 is 0 Å². The maximum Gasteiger partial charge on any atom is 0.237 e. The first-order valence-corrected chi connectivity index (χ1v) is 7.97. The minimum Gasteiger partial charge on any atom is -0.352 e. The third-order valence-electron chi connectivity index (χ3n) is 4.73. The molecule has 2 aliphatic rings. The number of hydrogen-bond donors (Lipinski definition) is 1. The van der Waals surface area contributed by atoms with Gasteiger partial charge in [0.25, 0.3) is 0 Å². The topological polar surface area (TPSA) is 35.6 Å². The molecule has 4 nitrogen and oxygen atoms in total. The Bertz CT molecular complexity index is 281. The molecule has 0 aromatic rings. The van der Waals surface area contributed by atoms with Crippen molar-refractivity contribution in [2.24, 2.45) is 0 Å². The number of likely N-dealkylation sites (N-methyl/N-ethyl adjacent to an activating group) is 1. The maximum absolute atomic E-state index is 12.3. The molecule has 1 aliphatic heterocycles. The molecule has 2 fully saturated rings. The van der Waals surface area contributed by atoms with Crippen molar-refractivity contribution in [2.45, 2.75) is 58.0 Å². The summed E-state index contributed by atoms with van der Waals surface area (Å²) in [6, 6.07) is 0.460. The second kappa shape index (κ2) is 7.25. The Kier molecular flexibility index (Phi) is 5.64. The number of nitrogens with one attached hydrogen (secondary N) is 1. The van der Waals surface area contributed by atoms with E-state index in [0.717, 1.165) is 32.7 Å². The van der Waals surface area contributed by atoms with Gasteiger partial charge in [-0.2, -0.15) is 0 Å². The Hall–Kier alpha value is -0.610. The first-order chi connectivity index (χ1) is 9.20. The Morgan fingerprint density at radius 3 is 2.37 bits per heavy atom. The minimum atomic E-state index is 0.0286. The summed E-state index contributed by atoms with van der Waals surface area (Å²) in [4.78, 5) is 17.1. The van der Waals surface area contributed by atoms with E-state index in [9.17, 15) is 4.79 Å². The van der Waals surface area contributed by atoms with Crippen LogP contribution in [0.1, 0.15) is 46.0 Å². The lowest BCUT2D eigenvalue weighted by Gasteiger charge is -2.37. The van der Waals surface area contributed by atoms with E-state index in [-0.39, 0.29) is 11.9 Å². The molecule has 0 spiro atoms. The highest BCUT2D eigenvalue weighted by Crippen LogP contribution is 2.17. The van der Waals surface area contributed by atoms with E-state index in [1.54, 1.807) is 0 Å². The van der Waals surface area contributed by atoms with Crippen LogP contribution in [0.5, 0.6) is 0 Å². The number of carbonyl (C=O) groups is 1. The van der Waals surface area contributed by atoms with Gasteiger partial charge in [0.15, 0.2) is 0 Å². The summed E-state index contributed by atoms with van der Waals surface area (Å²) in [5.74, 6) is 0.233. The largest absolute Gasteiger partial charge is 0.352 e. The fourth-order valence-electron chi connectivity index (χ4n) is 3.20. The number of piperazine rings is 1. The molecule has 4 heteroatoms. The number of hydrogen-bond acceptors (Lipinski definition) is 3. The van der Waals surface area contributed by atoms with E-state index in [0.29, 0.717) is 6.04 Å². The van der Waals surface area contributed by atoms with Crippen molar-refractivity contribution in [3.8, 4) is 0 Å². The van der Waals surface area contributed by atoms with Gasteiger partial charge in [0.2, 0.25) is 5.91 Å². The lowest BCUT2D eigenvalue weighted by Crippen LogP contribution is -2.55. The Labute approximate surface area is 117 Å². The second-order valence-electron chi connectivity index (χ2n) is 5.99. The van der Waals surface area contributed by atoms with Crippen LogP contribution in [-0.2, 0) is 4.79 Å². The van der Waals surface area contributed by atoms with E-state index in [2.05, 4.69) is 29.0 Å². The fourth-order valence-corrected chi connectivity index (χ4v) is 3.20. The molecule has 1 saturated carbocycles. The molecule has 1 saturated heterocycles. The Morgan fingerprint density at radius 1 is 1.16 bits per heavy atom. The lowest BCUT2D eigenvalue weighted by atomic mass is 9.95. The van der Waals surface area contributed by atoms with Gasteiger partial charge in [0.1, 0.15) is 0 Å². The molecular formula is C15H29N3O. The van der Waals surface area contributed by atoms with Gasteiger partial charge < -0.3 is 10.2 Å². The molecule has 0 bridgehead atoms. The zero-order valence-corrected chi connectivity index (χ0v) is 12.5. The standard InChI is InChI=1S/C15H29N3O/c1-3-17-9-11-18(12-10-17)13(2)15(19)16-14-7-5-4-6-8-14/h13-14H,3-12H2,1-2H3,(H,16,19). The van der Waals surface area contributed by atoms with Gasteiger partial charge in [-0.05, 0) is 26.3 Å². The Balaban J connectivity index is 1.75. The van der Waals surface area contributed by atoms with Crippen LogP contribution < -0.4 is 5.32 Å². The van der Waals surface area contributed by atoms with Crippen molar-refractivity contribution in [2.75, 3.05) is 32.7 Å². The number of nitrogens with zero attached hydrogens (tertiary/aromatic N) is 2. The lowest BCUT2D eigenvalue weighted by molar-refractivity contribution is -0.127. The summed E-state index contributed by atoms with van der Waals surface area (Å²) in [6.45, 7) is 9.61. The highest BCUT2D eigenvalue weighted by atomic mass is 16.2. The van der Waals surface area contributed by atoms with E-state index in [1.165, 1.54) is 32.1 Å². The number of carbonyl (C=O) groups excluding carboxylic acids is 1. The molecule has 1 heterocycles. The second-order valence-corrected chi connectivity index (χ2v) is 5.99. The van der Waals surface area contributed by atoms with Crippen molar-refractivity contribution < 1.29 is 4.79 Å². The minimum absolute atomic E-state index is 0.0286. The highest BCUT2D eigenvalue weighted by molar-refractivity contribution is 5.81. The average Bonchev–Trinajstić information content (AvgIpc) is 2.47. The van der Waals surface area contributed by atoms with Crippen LogP contribution in [0, 0.1) is 0 Å². The molecule has 1 unspecified atom stereocenters. The molecule has 0 aromatic heterocycles. The summed E-state index contributed by atoms with van der Waals surface area (Å²) in [5.41, 5.74) is 0. The van der Waals surface area contributed by atoms with Crippen molar-refractivity contribution in [1.82, 2.24) is 15.1 Å². The predicted molar refractivity (Wildman–Crippen MR) is 78.2 cm³/mol. The molecule has 2 rings (SSSR count). The monoisotopic (exact) mass is 267 g/mol. The zero-order valence-electron chi connectivity index (χ0n) is 12.5. The quantitative estimate of drug-likeness (QED) is 0.837. The molecule has 110 valence electrons. The van der Waals surface area contributed by atoms with E-state index in [4.69, 9.17) is 0 Å². The first-order valence-electron chi connectivity index (χ1n) is 7.97. The van der Waals surface area contributed by atoms with Crippen molar-refractivity contribution in [3.63, 3.8) is 0 Å². The van der Waals surface area contributed by atoms with Gasteiger partial charge in [0, 0.05) is 32.2 Å². The molecular weight excluding hydrogens is 238 g/mol. The third kappa shape index (κ3) is 4.18. The third-order valence-corrected chi connectivity index (χ3v) is 4.73. The van der Waals surface area contributed by atoms with Crippen LogP contribution in [-0.4, -0.2) is 60.5 Å². The average molecular weight is 267 g/mol. The molecule has 0 aromatic carbocycles. The molecule has 1 amide bonds. The van der Waals surface area contributed by atoms with Gasteiger partial charge in [-0.3, -0.25) is 9.69 Å². The van der Waals surface area contributed by atoms with Gasteiger partial charge in [0.05, 0.1) is 6.04 Å². The van der Waals surface area contributed by atoms with Gasteiger partial charge >= 0.3 is 0 Å². The zero-order chi connectivity index (χ0) is 13.7. The van der Waals surface area contributed by atoms with E-state index >= 15 is 0 Å². The van der Waals surface area contributed by atoms with Crippen molar-refractivity contribution in [1.29, 1.82) is 0 Å². The maximum atomic E-state index is 12.3. The molecule has 1 atom stereocenters. The summed E-state index contributed by atoms with van der Waals surface area (Å²) < 4.78 is 0. The van der Waals surface area contributed by atoms with E-state index in [1.807, 2.05) is 0 Å². The molecule has 0 radical (unpaired) electrons. The van der Waals surface area contributed by atoms with Crippen LogP contribution in [0.3, 0.4) is 0 Å². The van der Waals surface area contributed by atoms with Crippen molar-refractivity contribution >= 4 is 5.91 Å². The smallest absolute Gasteiger partial charge is 0.237 e. The first kappa shape index (κ1) is 14.8. The van der Waals surface area contributed by atoms with Gasteiger partial charge in [-0.1, -0.05) is 26.2 Å². The van der Waals surface area contributed by atoms with Gasteiger partial charge in [-0.25, -0.2) is 0 Å². The molecule has 1 aliphatic carbocycles. The van der Waals surface area contributed by atoms with Crippen molar-refractivity contribution in [3.05, 3.63) is 0 Å². The van der Waals surface area contributed by atoms with Crippen LogP contribution in [0.2, 0.25) is 0 Å². The number of amides is 1. The van der Waals surface area contributed by atoms with Crippen LogP contribution >= 0.6 is 0 Å². The van der Waals surface area contributed by atoms with Gasteiger partial charge in [-0.15, -0.1) is 0 Å². The summed E-state index contributed by atoms with van der Waals surface area (Å²) >= 11 is 0. The summed E-state index contributed by atoms with van der Waals surface area (Å²) in [6.07, 6.45) is 6.22. The summed E-state index contributed by atoms with van der Waals surface area (Å²) in [5, 5.41) is 3.25. The van der Waals surface area contributed by atoms with Crippen LogP contribution in [0.4, 0.5) is 0 Å². The predicted octanol–water partition coefficient (Wildman–Crippen LogP) is 1.46. The SMILES string of the molecule is CCN1CCN(C(C)C(=O)NC2CCCCC2)CC1. The van der Waals surface area contributed by atoms with Crippen LogP contribution in [0.15, 0.2) is 0 Å². The fraction of sp³-hybridized carbons (Fsp3) is 0.933. The van der Waals surface area contributed by atoms with Crippen LogP contribution in [0.25, 0.3) is 0 Å². The summed E-state index contributed by atoms with van der Waals surface area (Å²) in [7, 11) is 0. The number of rotatable bonds is 4. The Morgan fingerprint density at radius 2 is 1.79 bits per heavy atom. The molecule has 1 N–H and O–H groups in total.